The van der Waals surface area contributed by atoms with Crippen molar-refractivity contribution in [1.82, 2.24) is 0 Å². The lowest BCUT2D eigenvalue weighted by Gasteiger charge is -2.33. The Balaban J connectivity index is 2.70. The fraction of sp³-hybridized carbons (Fsp3) is 0.667. The van der Waals surface area contributed by atoms with Gasteiger partial charge in [-0.15, -0.1) is 0 Å². The van der Waals surface area contributed by atoms with Gasteiger partial charge >= 0.3 is 0 Å². The minimum atomic E-state index is -0.176. The van der Waals surface area contributed by atoms with Crippen molar-refractivity contribution in [1.29, 1.82) is 0 Å². The lowest BCUT2D eigenvalue weighted by atomic mass is 9.83. The van der Waals surface area contributed by atoms with Crippen LogP contribution in [0.3, 0.4) is 0 Å². The minimum Gasteiger partial charge on any atom is -0.488 e. The molecule has 0 unspecified atom stereocenters. The molecule has 20 heavy (non-hydrogen) atoms. The molecule has 1 aromatic rings. The molecule has 0 atom stereocenters. The standard InChI is InChI=1S/C18H30O2/c1-16(2,3)13-18(7,8)20-15-11-9-14(10-12-15)19-17(4,5)6/h9-12H,13H2,1-8H3. The third kappa shape index (κ3) is 6.83. The van der Waals surface area contributed by atoms with Crippen LogP contribution in [-0.2, 0) is 0 Å². The van der Waals surface area contributed by atoms with E-state index in [1.165, 1.54) is 0 Å². The van der Waals surface area contributed by atoms with Crippen LogP contribution >= 0.6 is 0 Å². The van der Waals surface area contributed by atoms with E-state index in [4.69, 9.17) is 9.47 Å². The van der Waals surface area contributed by atoms with E-state index in [-0.39, 0.29) is 16.6 Å². The number of rotatable bonds is 4. The van der Waals surface area contributed by atoms with Crippen LogP contribution in [0.15, 0.2) is 24.3 Å². The van der Waals surface area contributed by atoms with Gasteiger partial charge in [-0.05, 0) is 70.7 Å². The summed E-state index contributed by atoms with van der Waals surface area (Å²) in [5, 5.41) is 0. The van der Waals surface area contributed by atoms with Crippen molar-refractivity contribution in [2.75, 3.05) is 0 Å². The van der Waals surface area contributed by atoms with Crippen molar-refractivity contribution >= 4 is 0 Å². The smallest absolute Gasteiger partial charge is 0.120 e. The number of hydrogen-bond acceptors (Lipinski definition) is 2. The molecule has 1 aromatic carbocycles. The van der Waals surface area contributed by atoms with Gasteiger partial charge < -0.3 is 9.47 Å². The molecule has 1 rings (SSSR count). The van der Waals surface area contributed by atoms with Crippen LogP contribution in [0.25, 0.3) is 0 Å². The van der Waals surface area contributed by atoms with Crippen molar-refractivity contribution < 1.29 is 9.47 Å². The summed E-state index contributed by atoms with van der Waals surface area (Å²) < 4.78 is 11.9. The van der Waals surface area contributed by atoms with Crippen LogP contribution in [0.4, 0.5) is 0 Å². The first-order chi connectivity index (χ1) is 8.86. The summed E-state index contributed by atoms with van der Waals surface area (Å²) in [5.74, 6) is 1.76. The van der Waals surface area contributed by atoms with E-state index >= 15 is 0 Å². The molecule has 2 heteroatoms. The molecule has 0 aliphatic rings. The van der Waals surface area contributed by atoms with Crippen molar-refractivity contribution in [3.63, 3.8) is 0 Å². The second kappa shape index (κ2) is 5.67. The van der Waals surface area contributed by atoms with Crippen molar-refractivity contribution in [2.24, 2.45) is 5.41 Å². The first kappa shape index (κ1) is 16.9. The zero-order valence-corrected chi connectivity index (χ0v) is 14.3. The number of benzene rings is 1. The zero-order valence-electron chi connectivity index (χ0n) is 14.3. The van der Waals surface area contributed by atoms with Gasteiger partial charge in [-0.2, -0.15) is 0 Å². The van der Waals surface area contributed by atoms with E-state index in [0.29, 0.717) is 0 Å². The average Bonchev–Trinajstić information content (AvgIpc) is 2.14. The van der Waals surface area contributed by atoms with Gasteiger partial charge in [0.1, 0.15) is 22.7 Å². The zero-order chi connectivity index (χ0) is 15.6. The van der Waals surface area contributed by atoms with E-state index in [1.54, 1.807) is 0 Å². The van der Waals surface area contributed by atoms with Gasteiger partial charge in [-0.3, -0.25) is 0 Å². The highest BCUT2D eigenvalue weighted by Crippen LogP contribution is 2.31. The Morgan fingerprint density at radius 2 is 1.10 bits per heavy atom. The molecule has 0 bridgehead atoms. The molecule has 0 N–H and O–H groups in total. The second-order valence-corrected chi connectivity index (χ2v) is 8.29. The molecule has 2 nitrogen and oxygen atoms in total. The summed E-state index contributed by atoms with van der Waals surface area (Å²) in [6.07, 6.45) is 1.00. The van der Waals surface area contributed by atoms with E-state index in [9.17, 15) is 0 Å². The molecule has 0 heterocycles. The maximum absolute atomic E-state index is 6.11. The Labute approximate surface area is 124 Å². The molecule has 0 aliphatic carbocycles. The summed E-state index contributed by atoms with van der Waals surface area (Å²) in [6.45, 7) is 17.1. The first-order valence-electron chi connectivity index (χ1n) is 7.34. The Bertz CT molecular complexity index is 416. The lowest BCUT2D eigenvalue weighted by molar-refractivity contribution is 0.0619. The largest absolute Gasteiger partial charge is 0.488 e. The first-order valence-corrected chi connectivity index (χ1v) is 7.34. The molecule has 0 fully saturated rings. The topological polar surface area (TPSA) is 18.5 Å². The van der Waals surface area contributed by atoms with Gasteiger partial charge in [0.2, 0.25) is 0 Å². The maximum atomic E-state index is 6.11. The predicted molar refractivity (Wildman–Crippen MR) is 85.6 cm³/mol. The molecular weight excluding hydrogens is 248 g/mol. The van der Waals surface area contributed by atoms with Gasteiger partial charge in [-0.25, -0.2) is 0 Å². The minimum absolute atomic E-state index is 0.173. The second-order valence-electron chi connectivity index (χ2n) is 8.29. The van der Waals surface area contributed by atoms with Gasteiger partial charge in [0.15, 0.2) is 0 Å². The Hall–Kier alpha value is -1.18. The van der Waals surface area contributed by atoms with Crippen LogP contribution < -0.4 is 9.47 Å². The van der Waals surface area contributed by atoms with Gasteiger partial charge in [0, 0.05) is 0 Å². The third-order valence-corrected chi connectivity index (χ3v) is 2.60. The predicted octanol–water partition coefficient (Wildman–Crippen LogP) is 5.46. The van der Waals surface area contributed by atoms with Crippen molar-refractivity contribution in [3.8, 4) is 11.5 Å². The van der Waals surface area contributed by atoms with Crippen molar-refractivity contribution in [2.45, 2.75) is 73.0 Å². The molecule has 0 aromatic heterocycles. The normalized spacial score (nSPS) is 13.2. The van der Waals surface area contributed by atoms with Crippen LogP contribution in [-0.4, -0.2) is 11.2 Å². The Morgan fingerprint density at radius 3 is 1.45 bits per heavy atom. The molecule has 0 radical (unpaired) electrons. The van der Waals surface area contributed by atoms with E-state index in [0.717, 1.165) is 17.9 Å². The third-order valence-electron chi connectivity index (χ3n) is 2.60. The summed E-state index contributed by atoms with van der Waals surface area (Å²) in [7, 11) is 0. The molecule has 0 spiro atoms. The molecular formula is C18H30O2. The monoisotopic (exact) mass is 278 g/mol. The van der Waals surface area contributed by atoms with E-state index < -0.39 is 0 Å². The quantitative estimate of drug-likeness (QED) is 0.728. The van der Waals surface area contributed by atoms with E-state index in [1.807, 2.05) is 45.0 Å². The van der Waals surface area contributed by atoms with Gasteiger partial charge in [-0.1, -0.05) is 20.8 Å². The van der Waals surface area contributed by atoms with Crippen LogP contribution in [0.2, 0.25) is 0 Å². The molecule has 114 valence electrons. The molecule has 0 aliphatic heterocycles. The highest BCUT2D eigenvalue weighted by Gasteiger charge is 2.27. The summed E-state index contributed by atoms with van der Waals surface area (Å²) in [5.41, 5.74) is -0.0999. The lowest BCUT2D eigenvalue weighted by Crippen LogP contribution is -2.33. The van der Waals surface area contributed by atoms with Crippen LogP contribution in [0.5, 0.6) is 11.5 Å². The van der Waals surface area contributed by atoms with Crippen LogP contribution in [0.1, 0.15) is 61.8 Å². The summed E-state index contributed by atoms with van der Waals surface area (Å²) >= 11 is 0. The molecule has 0 amide bonds. The molecule has 0 saturated heterocycles. The average molecular weight is 278 g/mol. The Kier molecular flexibility index (Phi) is 4.78. The van der Waals surface area contributed by atoms with Gasteiger partial charge in [0.25, 0.3) is 0 Å². The summed E-state index contributed by atoms with van der Waals surface area (Å²) in [6, 6.07) is 7.89. The van der Waals surface area contributed by atoms with Crippen molar-refractivity contribution in [3.05, 3.63) is 24.3 Å². The number of ether oxygens (including phenoxy) is 2. The van der Waals surface area contributed by atoms with Crippen LogP contribution in [0, 0.1) is 5.41 Å². The van der Waals surface area contributed by atoms with E-state index in [2.05, 4.69) is 34.6 Å². The summed E-state index contributed by atoms with van der Waals surface area (Å²) in [4.78, 5) is 0. The maximum Gasteiger partial charge on any atom is 0.120 e. The SMILES string of the molecule is CC(C)(C)CC(C)(C)Oc1ccc(OC(C)(C)C)cc1. The fourth-order valence-corrected chi connectivity index (χ4v) is 2.56. The Morgan fingerprint density at radius 1 is 0.700 bits per heavy atom. The highest BCUT2D eigenvalue weighted by molar-refractivity contribution is 5.32. The number of hydrogen-bond donors (Lipinski definition) is 0. The fourth-order valence-electron chi connectivity index (χ4n) is 2.56. The van der Waals surface area contributed by atoms with Gasteiger partial charge in [0.05, 0.1) is 0 Å². The molecule has 0 saturated carbocycles. The highest BCUT2D eigenvalue weighted by atomic mass is 16.5.